The van der Waals surface area contributed by atoms with Crippen molar-refractivity contribution in [2.45, 2.75) is 44.4 Å². The van der Waals surface area contributed by atoms with Gasteiger partial charge in [-0.2, -0.15) is 12.6 Å². The summed E-state index contributed by atoms with van der Waals surface area (Å²) in [4.78, 5) is 47.4. The average molecular weight is 408 g/mol. The van der Waals surface area contributed by atoms with E-state index in [0.717, 1.165) is 0 Å². The van der Waals surface area contributed by atoms with E-state index in [1.54, 1.807) is 13.8 Å². The summed E-state index contributed by atoms with van der Waals surface area (Å²) in [5.74, 6) is -3.87. The molecular formula is C15H28N4O7S. The van der Waals surface area contributed by atoms with Crippen LogP contribution in [-0.4, -0.2) is 82.1 Å². The number of rotatable bonds is 12. The molecule has 0 saturated carbocycles. The normalized spacial score (nSPS) is 15.4. The molecule has 156 valence electrons. The maximum Gasteiger partial charge on any atom is 0.327 e. The second-order valence-corrected chi connectivity index (χ2v) is 6.67. The minimum absolute atomic E-state index is 0.0229. The lowest BCUT2D eigenvalue weighted by atomic mass is 10.0. The van der Waals surface area contributed by atoms with Crippen LogP contribution in [0.25, 0.3) is 0 Å². The minimum atomic E-state index is -1.39. The Balaban J connectivity index is 5.14. The first-order valence-corrected chi connectivity index (χ1v) is 8.92. The van der Waals surface area contributed by atoms with Crippen LogP contribution < -0.4 is 21.7 Å². The third-order valence-electron chi connectivity index (χ3n) is 3.49. The van der Waals surface area contributed by atoms with E-state index >= 15 is 0 Å². The zero-order chi connectivity index (χ0) is 21.1. The topological polar surface area (TPSA) is 191 Å². The highest BCUT2D eigenvalue weighted by Gasteiger charge is 2.30. The molecule has 8 N–H and O–H groups in total. The smallest absolute Gasteiger partial charge is 0.327 e. The van der Waals surface area contributed by atoms with Gasteiger partial charge in [0.1, 0.15) is 24.2 Å². The van der Waals surface area contributed by atoms with Gasteiger partial charge >= 0.3 is 5.97 Å². The van der Waals surface area contributed by atoms with Gasteiger partial charge in [0, 0.05) is 5.75 Å². The van der Waals surface area contributed by atoms with E-state index in [1.807, 2.05) is 0 Å². The zero-order valence-electron chi connectivity index (χ0n) is 15.2. The third kappa shape index (κ3) is 9.04. The van der Waals surface area contributed by atoms with Gasteiger partial charge in [-0.3, -0.25) is 14.4 Å². The highest BCUT2D eigenvalue weighted by Crippen LogP contribution is 2.06. The molecule has 0 unspecified atom stereocenters. The number of carbonyl (C=O) groups excluding carboxylic acids is 3. The molecule has 0 rings (SSSR count). The summed E-state index contributed by atoms with van der Waals surface area (Å²) in [6, 6.07) is -4.98. The summed E-state index contributed by atoms with van der Waals surface area (Å²) < 4.78 is 0. The van der Waals surface area contributed by atoms with Gasteiger partial charge in [-0.25, -0.2) is 4.79 Å². The average Bonchev–Trinajstić information content (AvgIpc) is 2.61. The molecule has 3 amide bonds. The van der Waals surface area contributed by atoms with Crippen molar-refractivity contribution in [1.82, 2.24) is 16.0 Å². The molecule has 0 aromatic rings. The highest BCUT2D eigenvalue weighted by molar-refractivity contribution is 7.80. The number of hydrogen-bond acceptors (Lipinski definition) is 8. The molecule has 11 nitrogen and oxygen atoms in total. The Morgan fingerprint density at radius 1 is 0.889 bits per heavy atom. The van der Waals surface area contributed by atoms with Crippen LogP contribution in [0.5, 0.6) is 0 Å². The number of nitrogens with two attached hydrogens (primary N) is 1. The summed E-state index contributed by atoms with van der Waals surface area (Å²) in [5, 5.41) is 34.0. The first kappa shape index (κ1) is 25.1. The maximum absolute atomic E-state index is 12.3. The number of carboxylic acid groups (broad SMARTS) is 1. The summed E-state index contributed by atoms with van der Waals surface area (Å²) in [5.41, 5.74) is 5.33. The van der Waals surface area contributed by atoms with Crippen molar-refractivity contribution in [3.8, 4) is 0 Å². The molecule has 0 aliphatic rings. The molecule has 0 aliphatic heterocycles. The molecule has 0 aromatic heterocycles. The van der Waals surface area contributed by atoms with Crippen LogP contribution in [0.4, 0.5) is 0 Å². The van der Waals surface area contributed by atoms with Crippen LogP contribution in [0.1, 0.15) is 20.3 Å². The van der Waals surface area contributed by atoms with E-state index < -0.39 is 61.1 Å². The Hall–Kier alpha value is -1.89. The van der Waals surface area contributed by atoms with Crippen molar-refractivity contribution in [2.75, 3.05) is 19.0 Å². The van der Waals surface area contributed by atoms with Crippen molar-refractivity contribution in [3.05, 3.63) is 0 Å². The number of thiol groups is 1. The fourth-order valence-corrected chi connectivity index (χ4v) is 2.24. The Kier molecular flexibility index (Phi) is 11.6. The lowest BCUT2D eigenvalue weighted by Crippen LogP contribution is -2.58. The van der Waals surface area contributed by atoms with Crippen LogP contribution in [0.2, 0.25) is 0 Å². The molecule has 0 aromatic carbocycles. The van der Waals surface area contributed by atoms with Gasteiger partial charge < -0.3 is 37.0 Å². The van der Waals surface area contributed by atoms with Crippen LogP contribution in [0.3, 0.4) is 0 Å². The fraction of sp³-hybridized carbons (Fsp3) is 0.733. The molecule has 0 aliphatic carbocycles. The summed E-state index contributed by atoms with van der Waals surface area (Å²) in [7, 11) is 0. The summed E-state index contributed by atoms with van der Waals surface area (Å²) in [6.07, 6.45) is 0.193. The molecule has 12 heteroatoms. The Labute approximate surface area is 162 Å². The second kappa shape index (κ2) is 12.5. The zero-order valence-corrected chi connectivity index (χ0v) is 16.1. The SMILES string of the molecule is CC(C)C[C@H](NC(=O)[C@H](CO)NC(=O)[C@@H](N)CO)C(=O)N[C@@H](CS)C(=O)O. The van der Waals surface area contributed by atoms with Crippen molar-refractivity contribution >= 4 is 36.3 Å². The largest absolute Gasteiger partial charge is 0.480 e. The molecule has 0 saturated heterocycles. The second-order valence-electron chi connectivity index (χ2n) is 6.31. The number of aliphatic carboxylic acids is 1. The van der Waals surface area contributed by atoms with Gasteiger partial charge in [0.15, 0.2) is 0 Å². The number of nitrogens with one attached hydrogen (secondary N) is 3. The van der Waals surface area contributed by atoms with Crippen LogP contribution in [-0.2, 0) is 19.2 Å². The van der Waals surface area contributed by atoms with Crippen molar-refractivity contribution in [3.63, 3.8) is 0 Å². The third-order valence-corrected chi connectivity index (χ3v) is 3.85. The number of aliphatic hydroxyl groups is 2. The number of carbonyl (C=O) groups is 4. The van der Waals surface area contributed by atoms with Crippen LogP contribution in [0, 0.1) is 5.92 Å². The van der Waals surface area contributed by atoms with E-state index in [9.17, 15) is 24.3 Å². The molecule has 0 fully saturated rings. The highest BCUT2D eigenvalue weighted by atomic mass is 32.1. The quantitative estimate of drug-likeness (QED) is 0.155. The summed E-state index contributed by atoms with van der Waals surface area (Å²) >= 11 is 3.86. The number of aliphatic hydroxyl groups excluding tert-OH is 2. The Morgan fingerprint density at radius 2 is 1.37 bits per heavy atom. The number of amides is 3. The molecule has 4 atom stereocenters. The van der Waals surface area contributed by atoms with Gasteiger partial charge in [0.05, 0.1) is 13.2 Å². The van der Waals surface area contributed by atoms with E-state index in [1.165, 1.54) is 0 Å². The molecule has 0 bridgehead atoms. The molecule has 0 heterocycles. The molecule has 0 radical (unpaired) electrons. The van der Waals surface area contributed by atoms with Crippen molar-refractivity contribution in [1.29, 1.82) is 0 Å². The van der Waals surface area contributed by atoms with Gasteiger partial charge in [-0.1, -0.05) is 13.8 Å². The van der Waals surface area contributed by atoms with E-state index in [2.05, 4.69) is 28.6 Å². The Morgan fingerprint density at radius 3 is 1.78 bits per heavy atom. The van der Waals surface area contributed by atoms with Gasteiger partial charge in [0.2, 0.25) is 17.7 Å². The van der Waals surface area contributed by atoms with Gasteiger partial charge in [-0.05, 0) is 12.3 Å². The first-order valence-electron chi connectivity index (χ1n) is 8.29. The number of carboxylic acids is 1. The molecular weight excluding hydrogens is 380 g/mol. The van der Waals surface area contributed by atoms with Crippen LogP contribution >= 0.6 is 12.6 Å². The molecule has 27 heavy (non-hydrogen) atoms. The van der Waals surface area contributed by atoms with Crippen molar-refractivity contribution < 1.29 is 34.5 Å². The predicted octanol–water partition coefficient (Wildman–Crippen LogP) is -3.19. The minimum Gasteiger partial charge on any atom is -0.480 e. The monoisotopic (exact) mass is 408 g/mol. The predicted molar refractivity (Wildman–Crippen MR) is 98.9 cm³/mol. The van der Waals surface area contributed by atoms with E-state index in [-0.39, 0.29) is 18.1 Å². The standard InChI is InChI=1S/C15H28N4O7S/c1-7(2)3-9(13(23)19-11(6-27)15(25)26)17-14(24)10(5-21)18-12(22)8(16)4-20/h7-11,20-21,27H,3-6,16H2,1-2H3,(H,17,24)(H,18,22)(H,19,23)(H,25,26)/t8-,9-,10-,11-/m0/s1. The maximum atomic E-state index is 12.3. The fourth-order valence-electron chi connectivity index (χ4n) is 1.99. The van der Waals surface area contributed by atoms with Crippen molar-refractivity contribution in [2.24, 2.45) is 11.7 Å². The number of hydrogen-bond donors (Lipinski definition) is 8. The lowest BCUT2D eigenvalue weighted by Gasteiger charge is -2.25. The lowest BCUT2D eigenvalue weighted by molar-refractivity contribution is -0.141. The Bertz CT molecular complexity index is 532. The van der Waals surface area contributed by atoms with E-state index in [4.69, 9.17) is 15.9 Å². The van der Waals surface area contributed by atoms with E-state index in [0.29, 0.717) is 0 Å². The summed E-state index contributed by atoms with van der Waals surface area (Å²) in [6.45, 7) is 2.18. The first-order chi connectivity index (χ1) is 12.6. The van der Waals surface area contributed by atoms with Gasteiger partial charge in [0.25, 0.3) is 0 Å². The van der Waals surface area contributed by atoms with Crippen LogP contribution in [0.15, 0.2) is 0 Å². The van der Waals surface area contributed by atoms with Gasteiger partial charge in [-0.15, -0.1) is 0 Å². The molecule has 0 spiro atoms.